The third-order valence-electron chi connectivity index (χ3n) is 3.75. The molecule has 0 bridgehead atoms. The van der Waals surface area contributed by atoms with Gasteiger partial charge in [0.25, 0.3) is 0 Å². The van der Waals surface area contributed by atoms with Crippen LogP contribution in [0.1, 0.15) is 59.3 Å². The van der Waals surface area contributed by atoms with Crippen LogP contribution in [0.3, 0.4) is 0 Å². The zero-order valence-corrected chi connectivity index (χ0v) is 11.7. The van der Waals surface area contributed by atoms with Crippen LogP contribution in [0.15, 0.2) is 0 Å². The largest absolute Gasteiger partial charge is 0.311 e. The molecule has 1 fully saturated rings. The number of nitrogens with one attached hydrogen (secondary N) is 1. The van der Waals surface area contributed by atoms with Gasteiger partial charge in [-0.2, -0.15) is 0 Å². The number of hydrogen-bond acceptors (Lipinski definition) is 2. The molecule has 0 heterocycles. The lowest BCUT2D eigenvalue weighted by atomic mass is 10.0. The maximum absolute atomic E-state index is 3.57. The Morgan fingerprint density at radius 2 is 1.69 bits per heavy atom. The standard InChI is InChI=1S/C14H30N2/c1-5-15-14(2,3)12-16(4)13-10-8-6-7-9-11-13/h13,15H,5-12H2,1-4H3. The van der Waals surface area contributed by atoms with Crippen molar-refractivity contribution in [3.63, 3.8) is 0 Å². The van der Waals surface area contributed by atoms with Gasteiger partial charge in [-0.3, -0.25) is 0 Å². The van der Waals surface area contributed by atoms with Gasteiger partial charge in [0.1, 0.15) is 0 Å². The van der Waals surface area contributed by atoms with E-state index in [-0.39, 0.29) is 5.54 Å². The summed E-state index contributed by atoms with van der Waals surface area (Å²) < 4.78 is 0. The molecule has 1 aliphatic carbocycles. The van der Waals surface area contributed by atoms with Gasteiger partial charge in [-0.05, 0) is 40.3 Å². The maximum Gasteiger partial charge on any atom is 0.0252 e. The van der Waals surface area contributed by atoms with E-state index in [0.717, 1.165) is 19.1 Å². The van der Waals surface area contributed by atoms with Crippen molar-refractivity contribution in [3.8, 4) is 0 Å². The van der Waals surface area contributed by atoms with Crippen molar-refractivity contribution in [2.24, 2.45) is 0 Å². The Labute approximate surface area is 102 Å². The van der Waals surface area contributed by atoms with Gasteiger partial charge in [0, 0.05) is 18.1 Å². The van der Waals surface area contributed by atoms with Gasteiger partial charge in [-0.15, -0.1) is 0 Å². The molecule has 1 saturated carbocycles. The zero-order valence-electron chi connectivity index (χ0n) is 11.7. The van der Waals surface area contributed by atoms with Gasteiger partial charge < -0.3 is 10.2 Å². The molecule has 1 rings (SSSR count). The maximum atomic E-state index is 3.57. The molecule has 0 spiro atoms. The summed E-state index contributed by atoms with van der Waals surface area (Å²) >= 11 is 0. The Balaban J connectivity index is 2.40. The third kappa shape index (κ3) is 4.84. The molecule has 0 aromatic carbocycles. The summed E-state index contributed by atoms with van der Waals surface area (Å²) in [6.07, 6.45) is 8.55. The van der Waals surface area contributed by atoms with Crippen molar-refractivity contribution in [3.05, 3.63) is 0 Å². The minimum absolute atomic E-state index is 0.246. The highest BCUT2D eigenvalue weighted by Gasteiger charge is 2.23. The molecule has 0 saturated heterocycles. The molecule has 0 atom stereocenters. The Morgan fingerprint density at radius 3 is 2.19 bits per heavy atom. The first-order chi connectivity index (χ1) is 7.55. The minimum Gasteiger partial charge on any atom is -0.311 e. The van der Waals surface area contributed by atoms with Crippen LogP contribution < -0.4 is 5.32 Å². The second kappa shape index (κ2) is 6.61. The van der Waals surface area contributed by atoms with Gasteiger partial charge in [0.05, 0.1) is 0 Å². The van der Waals surface area contributed by atoms with Gasteiger partial charge in [0.2, 0.25) is 0 Å². The fourth-order valence-electron chi connectivity index (χ4n) is 2.99. The summed E-state index contributed by atoms with van der Waals surface area (Å²) in [5.41, 5.74) is 0.246. The highest BCUT2D eigenvalue weighted by molar-refractivity contribution is 4.83. The van der Waals surface area contributed by atoms with Crippen LogP contribution in [0, 0.1) is 0 Å². The van der Waals surface area contributed by atoms with Crippen molar-refractivity contribution in [2.75, 3.05) is 20.1 Å². The van der Waals surface area contributed by atoms with Gasteiger partial charge in [0.15, 0.2) is 0 Å². The molecule has 0 aromatic heterocycles. The van der Waals surface area contributed by atoms with Crippen molar-refractivity contribution >= 4 is 0 Å². The first kappa shape index (κ1) is 14.0. The Hall–Kier alpha value is -0.0800. The highest BCUT2D eigenvalue weighted by Crippen LogP contribution is 2.22. The molecular weight excluding hydrogens is 196 g/mol. The van der Waals surface area contributed by atoms with E-state index in [4.69, 9.17) is 0 Å². The van der Waals surface area contributed by atoms with Gasteiger partial charge in [-0.1, -0.05) is 32.6 Å². The topological polar surface area (TPSA) is 15.3 Å². The van der Waals surface area contributed by atoms with E-state index in [0.29, 0.717) is 0 Å². The minimum atomic E-state index is 0.246. The molecule has 0 aliphatic heterocycles. The second-order valence-corrected chi connectivity index (χ2v) is 5.97. The molecule has 0 radical (unpaired) electrons. The van der Waals surface area contributed by atoms with E-state index in [9.17, 15) is 0 Å². The average Bonchev–Trinajstić information content (AvgIpc) is 2.44. The van der Waals surface area contributed by atoms with Gasteiger partial charge in [-0.25, -0.2) is 0 Å². The fraction of sp³-hybridized carbons (Fsp3) is 1.00. The predicted molar refractivity (Wildman–Crippen MR) is 71.9 cm³/mol. The van der Waals surface area contributed by atoms with Crippen molar-refractivity contribution in [1.82, 2.24) is 10.2 Å². The first-order valence-electron chi connectivity index (χ1n) is 7.00. The van der Waals surface area contributed by atoms with Crippen LogP contribution in [0.25, 0.3) is 0 Å². The van der Waals surface area contributed by atoms with Crippen LogP contribution >= 0.6 is 0 Å². The van der Waals surface area contributed by atoms with E-state index < -0.39 is 0 Å². The van der Waals surface area contributed by atoms with Crippen LogP contribution in [-0.2, 0) is 0 Å². The van der Waals surface area contributed by atoms with Crippen LogP contribution in [0.5, 0.6) is 0 Å². The van der Waals surface area contributed by atoms with E-state index in [2.05, 4.69) is 38.0 Å². The van der Waals surface area contributed by atoms with E-state index >= 15 is 0 Å². The normalized spacial score (nSPS) is 20.1. The van der Waals surface area contributed by atoms with E-state index in [1.807, 2.05) is 0 Å². The number of nitrogens with zero attached hydrogens (tertiary/aromatic N) is 1. The van der Waals surface area contributed by atoms with Crippen LogP contribution in [0.4, 0.5) is 0 Å². The van der Waals surface area contributed by atoms with Crippen molar-refractivity contribution in [2.45, 2.75) is 70.9 Å². The summed E-state index contributed by atoms with van der Waals surface area (Å²) in [5.74, 6) is 0. The molecule has 0 amide bonds. The summed E-state index contributed by atoms with van der Waals surface area (Å²) in [7, 11) is 2.30. The summed E-state index contributed by atoms with van der Waals surface area (Å²) in [6.45, 7) is 9.03. The molecule has 1 N–H and O–H groups in total. The number of likely N-dealkylation sites (N-methyl/N-ethyl adjacent to an activating group) is 2. The second-order valence-electron chi connectivity index (χ2n) is 5.97. The predicted octanol–water partition coefficient (Wildman–Crippen LogP) is 3.03. The number of hydrogen-bond donors (Lipinski definition) is 1. The van der Waals surface area contributed by atoms with Crippen LogP contribution in [-0.4, -0.2) is 36.6 Å². The van der Waals surface area contributed by atoms with E-state index in [1.54, 1.807) is 0 Å². The third-order valence-corrected chi connectivity index (χ3v) is 3.75. The number of rotatable bonds is 5. The van der Waals surface area contributed by atoms with E-state index in [1.165, 1.54) is 38.5 Å². The van der Waals surface area contributed by atoms with Crippen LogP contribution in [0.2, 0.25) is 0 Å². The fourth-order valence-corrected chi connectivity index (χ4v) is 2.99. The smallest absolute Gasteiger partial charge is 0.0252 e. The molecule has 16 heavy (non-hydrogen) atoms. The Bertz CT molecular complexity index is 181. The first-order valence-corrected chi connectivity index (χ1v) is 7.00. The Morgan fingerprint density at radius 1 is 1.12 bits per heavy atom. The average molecular weight is 226 g/mol. The lowest BCUT2D eigenvalue weighted by Crippen LogP contribution is -2.50. The van der Waals surface area contributed by atoms with Gasteiger partial charge >= 0.3 is 0 Å². The SMILES string of the molecule is CCNC(C)(C)CN(C)C1CCCCCC1. The quantitative estimate of drug-likeness (QED) is 0.725. The lowest BCUT2D eigenvalue weighted by Gasteiger charge is -2.35. The molecule has 0 unspecified atom stereocenters. The monoisotopic (exact) mass is 226 g/mol. The Kier molecular flexibility index (Phi) is 5.77. The molecule has 1 aliphatic rings. The molecule has 2 heteroatoms. The molecule has 2 nitrogen and oxygen atoms in total. The lowest BCUT2D eigenvalue weighted by molar-refractivity contribution is 0.168. The highest BCUT2D eigenvalue weighted by atomic mass is 15.2. The zero-order chi connectivity index (χ0) is 12.0. The summed E-state index contributed by atoms with van der Waals surface area (Å²) in [4.78, 5) is 2.58. The van der Waals surface area contributed by atoms with Crippen molar-refractivity contribution < 1.29 is 0 Å². The molecule has 96 valence electrons. The summed E-state index contributed by atoms with van der Waals surface area (Å²) in [5, 5.41) is 3.57. The summed E-state index contributed by atoms with van der Waals surface area (Å²) in [6, 6.07) is 0.820. The molecular formula is C14H30N2. The molecule has 0 aromatic rings. The van der Waals surface area contributed by atoms with Crippen molar-refractivity contribution in [1.29, 1.82) is 0 Å².